The van der Waals surface area contributed by atoms with Gasteiger partial charge in [0.1, 0.15) is 5.75 Å². The van der Waals surface area contributed by atoms with Crippen LogP contribution in [-0.2, 0) is 19.5 Å². The van der Waals surface area contributed by atoms with Gasteiger partial charge in [-0.2, -0.15) is 0 Å². The molecule has 0 amide bonds. The zero-order chi connectivity index (χ0) is 25.3. The lowest BCUT2D eigenvalue weighted by molar-refractivity contribution is 0.104. The van der Waals surface area contributed by atoms with Gasteiger partial charge in [0.2, 0.25) is 0 Å². The normalized spacial score (nSPS) is 14.1. The van der Waals surface area contributed by atoms with Crippen LogP contribution in [0.4, 0.5) is 0 Å². The summed E-state index contributed by atoms with van der Waals surface area (Å²) in [5.74, 6) is 0.900. The molecule has 3 aromatic carbocycles. The van der Waals surface area contributed by atoms with Crippen LogP contribution in [0.2, 0.25) is 0 Å². The topological polar surface area (TPSA) is 32.8 Å². The van der Waals surface area contributed by atoms with Gasteiger partial charge < -0.3 is 9.64 Å². The fraction of sp³-hybridized carbons (Fsp3) is 0.344. The fourth-order valence-corrected chi connectivity index (χ4v) is 4.79. The third-order valence-electron chi connectivity index (χ3n) is 6.85. The van der Waals surface area contributed by atoms with E-state index >= 15 is 0 Å². The van der Waals surface area contributed by atoms with Gasteiger partial charge in [-0.3, -0.25) is 9.69 Å². The van der Waals surface area contributed by atoms with Crippen molar-refractivity contribution in [2.24, 2.45) is 0 Å². The van der Waals surface area contributed by atoms with Crippen molar-refractivity contribution in [3.05, 3.63) is 106 Å². The molecule has 0 radical (unpaired) electrons. The second-order valence-electron chi connectivity index (χ2n) is 9.62. The molecule has 4 nitrogen and oxygen atoms in total. The van der Waals surface area contributed by atoms with Crippen molar-refractivity contribution in [2.75, 3.05) is 33.3 Å². The number of nitrogens with zero attached hydrogens (tertiary/aromatic N) is 2. The van der Waals surface area contributed by atoms with Gasteiger partial charge in [0.05, 0.1) is 6.61 Å². The van der Waals surface area contributed by atoms with Gasteiger partial charge in [-0.15, -0.1) is 0 Å². The molecule has 188 valence electrons. The molecule has 0 N–H and O–H groups in total. The minimum atomic E-state index is 0.116. The van der Waals surface area contributed by atoms with Crippen molar-refractivity contribution in [1.29, 1.82) is 0 Å². The van der Waals surface area contributed by atoms with E-state index in [9.17, 15) is 4.79 Å². The zero-order valence-corrected chi connectivity index (χ0v) is 21.9. The summed E-state index contributed by atoms with van der Waals surface area (Å²) in [5.41, 5.74) is 6.35. The SMILES string of the molecule is CCN(CC)CCCOc1ccc2c(c1)C(=O)/C(=C/c1ccc(CN(C)Cc3ccccc3)cc1)C2. The highest BCUT2D eigenvalue weighted by Gasteiger charge is 2.25. The van der Waals surface area contributed by atoms with E-state index in [-0.39, 0.29) is 5.78 Å². The molecule has 0 spiro atoms. The van der Waals surface area contributed by atoms with E-state index in [0.29, 0.717) is 13.0 Å². The van der Waals surface area contributed by atoms with Crippen LogP contribution in [0.15, 0.2) is 78.4 Å². The number of rotatable bonds is 12. The average molecular weight is 483 g/mol. The van der Waals surface area contributed by atoms with Crippen LogP contribution in [-0.4, -0.2) is 48.9 Å². The van der Waals surface area contributed by atoms with Crippen molar-refractivity contribution < 1.29 is 9.53 Å². The predicted molar refractivity (Wildman–Crippen MR) is 148 cm³/mol. The number of carbonyl (C=O) groups excluding carboxylic acids is 1. The number of allylic oxidation sites excluding steroid dienone is 1. The molecular weight excluding hydrogens is 444 g/mol. The Hall–Kier alpha value is -3.21. The van der Waals surface area contributed by atoms with Crippen LogP contribution < -0.4 is 4.74 Å². The molecule has 0 unspecified atom stereocenters. The van der Waals surface area contributed by atoms with Crippen molar-refractivity contribution in [2.45, 2.75) is 39.8 Å². The first-order chi connectivity index (χ1) is 17.6. The minimum absolute atomic E-state index is 0.116. The van der Waals surface area contributed by atoms with Gasteiger partial charge in [0, 0.05) is 37.2 Å². The number of benzene rings is 3. The number of hydrogen-bond acceptors (Lipinski definition) is 4. The van der Waals surface area contributed by atoms with Crippen LogP contribution >= 0.6 is 0 Å². The van der Waals surface area contributed by atoms with Gasteiger partial charge in [0.25, 0.3) is 0 Å². The molecule has 0 aliphatic heterocycles. The van der Waals surface area contributed by atoms with E-state index < -0.39 is 0 Å². The average Bonchev–Trinajstić information content (AvgIpc) is 3.20. The summed E-state index contributed by atoms with van der Waals surface area (Å²) in [7, 11) is 2.14. The molecule has 0 fully saturated rings. The molecule has 3 aromatic rings. The Morgan fingerprint density at radius 1 is 0.889 bits per heavy atom. The fourth-order valence-electron chi connectivity index (χ4n) is 4.79. The first kappa shape index (κ1) is 25.9. The molecule has 4 rings (SSSR count). The smallest absolute Gasteiger partial charge is 0.189 e. The summed E-state index contributed by atoms with van der Waals surface area (Å²) in [6.07, 6.45) is 3.69. The number of Topliss-reactive ketones (excluding diaryl/α,β-unsaturated/α-hetero) is 1. The Bertz CT molecular complexity index is 1160. The number of fused-ring (bicyclic) bond motifs is 1. The first-order valence-electron chi connectivity index (χ1n) is 13.1. The Morgan fingerprint density at radius 3 is 2.28 bits per heavy atom. The van der Waals surface area contributed by atoms with Gasteiger partial charge in [-0.25, -0.2) is 0 Å². The lowest BCUT2D eigenvalue weighted by Gasteiger charge is -2.17. The molecule has 0 atom stereocenters. The van der Waals surface area contributed by atoms with Crippen LogP contribution in [0.5, 0.6) is 5.75 Å². The standard InChI is InChI=1S/C32H38N2O2/c1-4-34(5-2)18-9-19-36-30-17-16-28-21-29(32(35)31(28)22-30)20-25-12-14-27(15-13-25)24-33(3)23-26-10-7-6-8-11-26/h6-8,10-17,20,22H,4-5,9,18-19,21,23-24H2,1-3H3/b29-20+. The van der Waals surface area contributed by atoms with Gasteiger partial charge in [-0.1, -0.05) is 74.5 Å². The van der Waals surface area contributed by atoms with Crippen molar-refractivity contribution in [3.8, 4) is 5.75 Å². The first-order valence-corrected chi connectivity index (χ1v) is 13.1. The largest absolute Gasteiger partial charge is 0.494 e. The molecule has 36 heavy (non-hydrogen) atoms. The van der Waals surface area contributed by atoms with Crippen molar-refractivity contribution >= 4 is 11.9 Å². The Labute approximate surface area is 216 Å². The number of ketones is 1. The van der Waals surface area contributed by atoms with Crippen LogP contribution in [0.1, 0.15) is 52.9 Å². The van der Waals surface area contributed by atoms with Crippen LogP contribution in [0, 0.1) is 0 Å². The minimum Gasteiger partial charge on any atom is -0.494 e. The maximum Gasteiger partial charge on any atom is 0.189 e. The molecule has 4 heteroatoms. The molecule has 0 bridgehead atoms. The maximum absolute atomic E-state index is 13.1. The van der Waals surface area contributed by atoms with Gasteiger partial charge in [-0.05, 0) is 67.0 Å². The highest BCUT2D eigenvalue weighted by molar-refractivity contribution is 6.15. The second-order valence-corrected chi connectivity index (χ2v) is 9.62. The molecule has 0 heterocycles. The van der Waals surface area contributed by atoms with E-state index in [4.69, 9.17) is 4.74 Å². The summed E-state index contributed by atoms with van der Waals surface area (Å²) in [5, 5.41) is 0. The molecule has 1 aliphatic rings. The van der Waals surface area contributed by atoms with Crippen LogP contribution in [0.3, 0.4) is 0 Å². The second kappa shape index (κ2) is 12.7. The summed E-state index contributed by atoms with van der Waals surface area (Å²) < 4.78 is 5.95. The maximum atomic E-state index is 13.1. The predicted octanol–water partition coefficient (Wildman–Crippen LogP) is 6.25. The quantitative estimate of drug-likeness (QED) is 0.226. The van der Waals surface area contributed by atoms with Crippen LogP contribution in [0.25, 0.3) is 6.08 Å². The third kappa shape index (κ3) is 6.93. The molecule has 0 aromatic heterocycles. The summed E-state index contributed by atoms with van der Waals surface area (Å²) in [4.78, 5) is 17.8. The Kier molecular flexibility index (Phi) is 9.10. The third-order valence-corrected chi connectivity index (χ3v) is 6.85. The number of carbonyl (C=O) groups is 1. The lowest BCUT2D eigenvalue weighted by Crippen LogP contribution is -2.25. The van der Waals surface area contributed by atoms with E-state index in [1.807, 2.05) is 30.3 Å². The summed E-state index contributed by atoms with van der Waals surface area (Å²) in [6, 6.07) is 25.0. The number of ether oxygens (including phenoxy) is 1. The Morgan fingerprint density at radius 2 is 1.58 bits per heavy atom. The van der Waals surface area contributed by atoms with E-state index in [2.05, 4.69) is 79.2 Å². The molecular formula is C32H38N2O2. The summed E-state index contributed by atoms with van der Waals surface area (Å²) in [6.45, 7) is 9.99. The zero-order valence-electron chi connectivity index (χ0n) is 21.9. The highest BCUT2D eigenvalue weighted by atomic mass is 16.5. The summed E-state index contributed by atoms with van der Waals surface area (Å²) >= 11 is 0. The van der Waals surface area contributed by atoms with Gasteiger partial charge >= 0.3 is 0 Å². The molecule has 0 saturated carbocycles. The molecule has 1 aliphatic carbocycles. The monoisotopic (exact) mass is 482 g/mol. The van der Waals surface area contributed by atoms with Gasteiger partial charge in [0.15, 0.2) is 5.78 Å². The lowest BCUT2D eigenvalue weighted by atomic mass is 10.1. The molecule has 0 saturated heterocycles. The van der Waals surface area contributed by atoms with E-state index in [1.54, 1.807) is 0 Å². The number of hydrogen-bond donors (Lipinski definition) is 0. The highest BCUT2D eigenvalue weighted by Crippen LogP contribution is 2.31. The van der Waals surface area contributed by atoms with Crippen molar-refractivity contribution in [1.82, 2.24) is 9.80 Å². The van der Waals surface area contributed by atoms with E-state index in [0.717, 1.165) is 67.2 Å². The van der Waals surface area contributed by atoms with E-state index in [1.165, 1.54) is 11.1 Å². The van der Waals surface area contributed by atoms with Crippen molar-refractivity contribution in [3.63, 3.8) is 0 Å². The Balaban J connectivity index is 1.32.